The highest BCUT2D eigenvalue weighted by atomic mass is 79.9. The molecule has 0 N–H and O–H groups in total. The Morgan fingerprint density at radius 1 is 1.43 bits per heavy atom. The molecule has 2 heterocycles. The third-order valence-electron chi connectivity index (χ3n) is 3.67. The number of aromatic nitrogens is 1. The van der Waals surface area contributed by atoms with Crippen LogP contribution in [0, 0.1) is 5.92 Å². The van der Waals surface area contributed by atoms with Crippen LogP contribution in [0.3, 0.4) is 0 Å². The number of pyridine rings is 1. The normalized spacial score (nSPS) is 22.0. The maximum Gasteiger partial charge on any atom is 0.312 e. The molecule has 5 nitrogen and oxygen atoms in total. The second-order valence-electron chi connectivity index (χ2n) is 6.69. The van der Waals surface area contributed by atoms with Gasteiger partial charge in [0.2, 0.25) is 0 Å². The molecule has 2 rings (SSSR count). The van der Waals surface area contributed by atoms with E-state index >= 15 is 0 Å². The van der Waals surface area contributed by atoms with Gasteiger partial charge >= 0.3 is 5.97 Å². The van der Waals surface area contributed by atoms with Gasteiger partial charge in [0.25, 0.3) is 0 Å². The zero-order valence-electron chi connectivity index (χ0n) is 14.2. The van der Waals surface area contributed by atoms with Gasteiger partial charge in [-0.1, -0.05) is 6.07 Å². The van der Waals surface area contributed by atoms with E-state index in [0.29, 0.717) is 19.6 Å². The Morgan fingerprint density at radius 3 is 2.78 bits per heavy atom. The molecule has 0 radical (unpaired) electrons. The van der Waals surface area contributed by atoms with Crippen LogP contribution in [-0.2, 0) is 14.3 Å². The molecule has 0 unspecified atom stereocenters. The summed E-state index contributed by atoms with van der Waals surface area (Å²) in [5.41, 5.74) is -0.475. The zero-order chi connectivity index (χ0) is 17.0. The lowest BCUT2D eigenvalue weighted by molar-refractivity contribution is -0.166. The van der Waals surface area contributed by atoms with Crippen molar-refractivity contribution in [1.29, 1.82) is 0 Å². The summed E-state index contributed by atoms with van der Waals surface area (Å²) in [5, 5.41) is 0. The molecular weight excluding hydrogens is 360 g/mol. The van der Waals surface area contributed by atoms with Crippen LogP contribution in [0.25, 0.3) is 0 Å². The summed E-state index contributed by atoms with van der Waals surface area (Å²) in [6, 6.07) is 5.83. The van der Waals surface area contributed by atoms with E-state index in [1.807, 2.05) is 45.9 Å². The molecule has 0 spiro atoms. The minimum absolute atomic E-state index is 0.169. The van der Waals surface area contributed by atoms with Crippen molar-refractivity contribution >= 4 is 27.7 Å². The summed E-state index contributed by atoms with van der Waals surface area (Å²) in [4.78, 5) is 19.1. The Kier molecular flexibility index (Phi) is 6.03. The Labute approximate surface area is 146 Å². The third kappa shape index (κ3) is 5.18. The van der Waals surface area contributed by atoms with Gasteiger partial charge in [-0.15, -0.1) is 0 Å². The lowest BCUT2D eigenvalue weighted by Gasteiger charge is -2.38. The number of hydrogen-bond acceptors (Lipinski definition) is 5. The number of ether oxygens (including phenoxy) is 2. The lowest BCUT2D eigenvalue weighted by Crippen LogP contribution is -2.49. The number of carbonyl (C=O) groups is 1. The van der Waals surface area contributed by atoms with Crippen molar-refractivity contribution in [3.63, 3.8) is 0 Å². The number of nitrogens with zero attached hydrogens (tertiary/aromatic N) is 2. The average molecular weight is 385 g/mol. The molecule has 128 valence electrons. The highest BCUT2D eigenvalue weighted by molar-refractivity contribution is 9.10. The van der Waals surface area contributed by atoms with Crippen LogP contribution < -0.4 is 4.90 Å². The first-order chi connectivity index (χ1) is 10.8. The minimum Gasteiger partial charge on any atom is -0.460 e. The monoisotopic (exact) mass is 384 g/mol. The van der Waals surface area contributed by atoms with Crippen LogP contribution in [-0.4, -0.2) is 42.4 Å². The molecule has 23 heavy (non-hydrogen) atoms. The van der Waals surface area contributed by atoms with Gasteiger partial charge in [-0.05, 0) is 62.2 Å². The van der Waals surface area contributed by atoms with Crippen LogP contribution in [0.1, 0.15) is 34.1 Å². The first-order valence-electron chi connectivity index (χ1n) is 8.02. The molecule has 0 bridgehead atoms. The average Bonchev–Trinajstić information content (AvgIpc) is 2.45. The number of piperidine rings is 1. The van der Waals surface area contributed by atoms with Crippen LogP contribution >= 0.6 is 15.9 Å². The Hall–Kier alpha value is -1.14. The van der Waals surface area contributed by atoms with Crippen LogP contribution in [0.5, 0.6) is 0 Å². The second kappa shape index (κ2) is 7.62. The van der Waals surface area contributed by atoms with Gasteiger partial charge in [0.15, 0.2) is 0 Å². The van der Waals surface area contributed by atoms with Gasteiger partial charge in [-0.3, -0.25) is 4.79 Å². The summed E-state index contributed by atoms with van der Waals surface area (Å²) >= 11 is 3.40. The van der Waals surface area contributed by atoms with Crippen molar-refractivity contribution in [2.24, 2.45) is 5.92 Å². The summed E-state index contributed by atoms with van der Waals surface area (Å²) in [6.45, 7) is 9.59. The fraction of sp³-hybridized carbons (Fsp3) is 0.647. The van der Waals surface area contributed by atoms with Crippen LogP contribution in [0.15, 0.2) is 22.8 Å². The van der Waals surface area contributed by atoms with E-state index in [1.54, 1.807) is 0 Å². The Bertz CT molecular complexity index is 545. The molecule has 0 amide bonds. The van der Waals surface area contributed by atoms with Crippen molar-refractivity contribution in [3.8, 4) is 0 Å². The largest absolute Gasteiger partial charge is 0.460 e. The van der Waals surface area contributed by atoms with Crippen molar-refractivity contribution in [2.75, 3.05) is 24.6 Å². The highest BCUT2D eigenvalue weighted by Gasteiger charge is 2.37. The van der Waals surface area contributed by atoms with Crippen LogP contribution in [0.2, 0.25) is 0 Å². The molecule has 1 saturated heterocycles. The highest BCUT2D eigenvalue weighted by Crippen LogP contribution is 2.27. The third-order valence-corrected chi connectivity index (χ3v) is 4.12. The molecule has 6 heteroatoms. The van der Waals surface area contributed by atoms with Gasteiger partial charge in [0, 0.05) is 19.7 Å². The molecule has 1 aromatic heterocycles. The molecule has 1 aliphatic rings. The van der Waals surface area contributed by atoms with Crippen molar-refractivity contribution in [2.45, 2.75) is 45.8 Å². The maximum absolute atomic E-state index is 12.5. The smallest absolute Gasteiger partial charge is 0.312 e. The summed E-state index contributed by atoms with van der Waals surface area (Å²) in [5.74, 6) is 0.502. The predicted octanol–water partition coefficient (Wildman–Crippen LogP) is 3.42. The number of esters is 1. The quantitative estimate of drug-likeness (QED) is 0.587. The Morgan fingerprint density at radius 2 is 2.17 bits per heavy atom. The molecule has 1 aromatic rings. The number of rotatable bonds is 4. The zero-order valence-corrected chi connectivity index (χ0v) is 15.8. The van der Waals surface area contributed by atoms with E-state index in [0.717, 1.165) is 17.0 Å². The SMILES string of the molecule is CCO[C@H]1CN(c2cccc(Br)n2)CC[C@H]1C(=O)OC(C)(C)C. The first-order valence-corrected chi connectivity index (χ1v) is 8.81. The lowest BCUT2D eigenvalue weighted by atomic mass is 9.93. The van der Waals surface area contributed by atoms with Gasteiger partial charge in [-0.2, -0.15) is 0 Å². The fourth-order valence-electron chi connectivity index (χ4n) is 2.73. The minimum atomic E-state index is -0.475. The van der Waals surface area contributed by atoms with Gasteiger partial charge in [0.1, 0.15) is 16.0 Å². The van der Waals surface area contributed by atoms with E-state index in [2.05, 4.69) is 25.8 Å². The summed E-state index contributed by atoms with van der Waals surface area (Å²) in [6.07, 6.45) is 0.526. The van der Waals surface area contributed by atoms with E-state index < -0.39 is 5.60 Å². The van der Waals surface area contributed by atoms with Crippen molar-refractivity contribution < 1.29 is 14.3 Å². The summed E-state index contributed by atoms with van der Waals surface area (Å²) < 4.78 is 12.2. The second-order valence-corrected chi connectivity index (χ2v) is 7.50. The molecule has 1 fully saturated rings. The van der Waals surface area contributed by atoms with E-state index in [4.69, 9.17) is 9.47 Å². The number of anilines is 1. The standard InChI is InChI=1S/C17H25BrN2O3/c1-5-22-13-11-20(15-8-6-7-14(18)19-15)10-9-12(13)16(21)23-17(2,3)4/h6-8,12-13H,5,9-11H2,1-4H3/t12-,13+/m1/s1. The van der Waals surface area contributed by atoms with Gasteiger partial charge < -0.3 is 14.4 Å². The fourth-order valence-corrected chi connectivity index (χ4v) is 3.06. The first kappa shape index (κ1) is 18.2. The number of halogens is 1. The van der Waals surface area contributed by atoms with Crippen molar-refractivity contribution in [3.05, 3.63) is 22.8 Å². The number of hydrogen-bond donors (Lipinski definition) is 0. The molecule has 2 atom stereocenters. The molecule has 0 aliphatic carbocycles. The van der Waals surface area contributed by atoms with E-state index in [-0.39, 0.29) is 18.0 Å². The Balaban J connectivity index is 2.09. The van der Waals surface area contributed by atoms with Crippen LogP contribution in [0.4, 0.5) is 5.82 Å². The molecule has 0 aromatic carbocycles. The van der Waals surface area contributed by atoms with E-state index in [1.165, 1.54) is 0 Å². The van der Waals surface area contributed by atoms with Gasteiger partial charge in [-0.25, -0.2) is 4.98 Å². The van der Waals surface area contributed by atoms with E-state index in [9.17, 15) is 4.79 Å². The topological polar surface area (TPSA) is 51.7 Å². The van der Waals surface area contributed by atoms with Gasteiger partial charge in [0.05, 0.1) is 12.0 Å². The molecule has 0 saturated carbocycles. The predicted molar refractivity (Wildman–Crippen MR) is 93.5 cm³/mol. The van der Waals surface area contributed by atoms with Crippen molar-refractivity contribution in [1.82, 2.24) is 4.98 Å². The molecular formula is C17H25BrN2O3. The summed E-state index contributed by atoms with van der Waals surface area (Å²) in [7, 11) is 0. The molecule has 1 aliphatic heterocycles. The number of carbonyl (C=O) groups excluding carboxylic acids is 1. The maximum atomic E-state index is 12.5.